The van der Waals surface area contributed by atoms with Gasteiger partial charge in [-0.05, 0) is 43.7 Å². The summed E-state index contributed by atoms with van der Waals surface area (Å²) in [5.41, 5.74) is 1.45. The van der Waals surface area contributed by atoms with Crippen LogP contribution in [0.5, 0.6) is 0 Å². The summed E-state index contributed by atoms with van der Waals surface area (Å²) in [5.74, 6) is 0.831. The highest BCUT2D eigenvalue weighted by molar-refractivity contribution is 5.18. The molecule has 2 unspecified atom stereocenters. The molecule has 0 spiro atoms. The Hall–Kier alpha value is -1.08. The maximum Gasteiger partial charge on any atom is 0.0320 e. The van der Waals surface area contributed by atoms with E-state index in [1.165, 1.54) is 50.5 Å². The van der Waals surface area contributed by atoms with Crippen LogP contribution >= 0.6 is 0 Å². The van der Waals surface area contributed by atoms with Crippen LogP contribution in [-0.4, -0.2) is 6.54 Å². The molecule has 110 valence electrons. The minimum atomic E-state index is 0.536. The second-order valence-corrected chi connectivity index (χ2v) is 6.02. The summed E-state index contributed by atoms with van der Waals surface area (Å²) in [6.45, 7) is 3.44. The van der Waals surface area contributed by atoms with Gasteiger partial charge in [-0.15, -0.1) is 0 Å². The van der Waals surface area contributed by atoms with Crippen LogP contribution in [0.2, 0.25) is 0 Å². The highest BCUT2D eigenvalue weighted by atomic mass is 14.9. The third-order valence-electron chi connectivity index (χ3n) is 4.33. The van der Waals surface area contributed by atoms with Gasteiger partial charge in [0, 0.05) is 6.04 Å². The number of hydrogen-bond acceptors (Lipinski definition) is 1. The van der Waals surface area contributed by atoms with Crippen LogP contribution in [-0.2, 0) is 0 Å². The van der Waals surface area contributed by atoms with Crippen molar-refractivity contribution in [3.8, 4) is 0 Å². The first-order chi connectivity index (χ1) is 9.90. The lowest BCUT2D eigenvalue weighted by Crippen LogP contribution is -2.28. The van der Waals surface area contributed by atoms with E-state index < -0.39 is 0 Å². The maximum atomic E-state index is 3.83. The molecule has 0 aliphatic heterocycles. The van der Waals surface area contributed by atoms with Gasteiger partial charge in [0.25, 0.3) is 0 Å². The monoisotopic (exact) mass is 271 g/mol. The quantitative estimate of drug-likeness (QED) is 0.502. The lowest BCUT2D eigenvalue weighted by Gasteiger charge is -2.24. The molecule has 2 rings (SSSR count). The Morgan fingerprint density at radius 3 is 2.70 bits per heavy atom. The Bertz CT molecular complexity index is 382. The Morgan fingerprint density at radius 1 is 1.15 bits per heavy atom. The minimum absolute atomic E-state index is 0.536. The van der Waals surface area contributed by atoms with Crippen LogP contribution in [0.25, 0.3) is 0 Å². The largest absolute Gasteiger partial charge is 0.310 e. The lowest BCUT2D eigenvalue weighted by molar-refractivity contribution is 0.388. The molecule has 1 aliphatic rings. The molecule has 0 bridgehead atoms. The van der Waals surface area contributed by atoms with Gasteiger partial charge in [-0.25, -0.2) is 0 Å². The smallest absolute Gasteiger partial charge is 0.0320 e. The molecule has 1 aromatic rings. The predicted molar refractivity (Wildman–Crippen MR) is 87.8 cm³/mol. The van der Waals surface area contributed by atoms with Crippen molar-refractivity contribution in [3.63, 3.8) is 0 Å². The summed E-state index contributed by atoms with van der Waals surface area (Å²) < 4.78 is 0. The van der Waals surface area contributed by atoms with E-state index in [1.807, 2.05) is 0 Å². The van der Waals surface area contributed by atoms with Crippen LogP contribution in [0.4, 0.5) is 0 Å². The molecule has 0 saturated heterocycles. The standard InChI is InChI=1S/C19H29N/c1-2-3-6-15-19(18-13-9-5-10-14-18)20-16-17-11-7-4-8-12-17/h4-5,7,9-10,13-14,17,19-20H,2-3,6,8,11-12,15-16H2,1H3. The van der Waals surface area contributed by atoms with Crippen LogP contribution < -0.4 is 5.32 Å². The van der Waals surface area contributed by atoms with Crippen LogP contribution in [0.15, 0.2) is 42.5 Å². The first-order valence-electron chi connectivity index (χ1n) is 8.33. The third kappa shape index (κ3) is 5.13. The molecular formula is C19H29N. The fourth-order valence-corrected chi connectivity index (χ4v) is 3.02. The van der Waals surface area contributed by atoms with Gasteiger partial charge in [-0.1, -0.05) is 68.7 Å². The van der Waals surface area contributed by atoms with Gasteiger partial charge in [0.1, 0.15) is 0 Å². The highest BCUT2D eigenvalue weighted by Crippen LogP contribution is 2.22. The Balaban J connectivity index is 1.86. The predicted octanol–water partition coefficient (Wildman–Crippen LogP) is 5.25. The minimum Gasteiger partial charge on any atom is -0.310 e. The summed E-state index contributed by atoms with van der Waals surface area (Å²) >= 11 is 0. The molecule has 0 heterocycles. The van der Waals surface area contributed by atoms with E-state index in [2.05, 4.69) is 54.7 Å². The van der Waals surface area contributed by atoms with Crippen molar-refractivity contribution < 1.29 is 0 Å². The van der Waals surface area contributed by atoms with E-state index in [-0.39, 0.29) is 0 Å². The summed E-state index contributed by atoms with van der Waals surface area (Å²) in [7, 11) is 0. The number of rotatable bonds is 8. The number of unbranched alkanes of at least 4 members (excludes halogenated alkanes) is 2. The summed E-state index contributed by atoms with van der Waals surface area (Å²) in [6.07, 6.45) is 13.8. The number of benzene rings is 1. The van der Waals surface area contributed by atoms with Gasteiger partial charge in [0.05, 0.1) is 0 Å². The number of nitrogens with one attached hydrogen (secondary N) is 1. The first kappa shape index (κ1) is 15.3. The molecule has 1 nitrogen and oxygen atoms in total. The van der Waals surface area contributed by atoms with Crippen molar-refractivity contribution in [1.29, 1.82) is 0 Å². The maximum absolute atomic E-state index is 3.83. The second-order valence-electron chi connectivity index (χ2n) is 6.02. The molecule has 0 fully saturated rings. The normalized spacial score (nSPS) is 19.9. The summed E-state index contributed by atoms with van der Waals surface area (Å²) in [4.78, 5) is 0. The zero-order valence-electron chi connectivity index (χ0n) is 12.9. The van der Waals surface area contributed by atoms with Crippen molar-refractivity contribution in [1.82, 2.24) is 5.32 Å². The second kappa shape index (κ2) is 8.97. The Labute approximate surface area is 124 Å². The van der Waals surface area contributed by atoms with E-state index in [4.69, 9.17) is 0 Å². The number of allylic oxidation sites excluding steroid dienone is 2. The topological polar surface area (TPSA) is 12.0 Å². The van der Waals surface area contributed by atoms with Gasteiger partial charge in [0.2, 0.25) is 0 Å². The molecule has 1 aliphatic carbocycles. The van der Waals surface area contributed by atoms with Crippen molar-refractivity contribution in [2.45, 2.75) is 57.9 Å². The lowest BCUT2D eigenvalue weighted by atomic mass is 9.93. The van der Waals surface area contributed by atoms with Crippen molar-refractivity contribution in [2.24, 2.45) is 5.92 Å². The molecular weight excluding hydrogens is 242 g/mol. The van der Waals surface area contributed by atoms with E-state index >= 15 is 0 Å². The van der Waals surface area contributed by atoms with Gasteiger partial charge in [-0.3, -0.25) is 0 Å². The van der Waals surface area contributed by atoms with Gasteiger partial charge >= 0.3 is 0 Å². The first-order valence-corrected chi connectivity index (χ1v) is 8.33. The molecule has 1 heteroatoms. The third-order valence-corrected chi connectivity index (χ3v) is 4.33. The molecule has 1 aromatic carbocycles. The summed E-state index contributed by atoms with van der Waals surface area (Å²) in [5, 5.41) is 3.83. The van der Waals surface area contributed by atoms with E-state index in [0.29, 0.717) is 6.04 Å². The van der Waals surface area contributed by atoms with E-state index in [9.17, 15) is 0 Å². The molecule has 20 heavy (non-hydrogen) atoms. The van der Waals surface area contributed by atoms with Gasteiger partial charge in [-0.2, -0.15) is 0 Å². The molecule has 1 N–H and O–H groups in total. The fourth-order valence-electron chi connectivity index (χ4n) is 3.02. The number of hydrogen-bond donors (Lipinski definition) is 1. The zero-order chi connectivity index (χ0) is 14.0. The highest BCUT2D eigenvalue weighted by Gasteiger charge is 2.14. The Kier molecular flexibility index (Phi) is 6.86. The van der Waals surface area contributed by atoms with Crippen molar-refractivity contribution in [3.05, 3.63) is 48.0 Å². The Morgan fingerprint density at radius 2 is 2.00 bits per heavy atom. The van der Waals surface area contributed by atoms with E-state index in [0.717, 1.165) is 12.5 Å². The molecule has 0 radical (unpaired) electrons. The van der Waals surface area contributed by atoms with Gasteiger partial charge < -0.3 is 5.32 Å². The molecule has 2 atom stereocenters. The van der Waals surface area contributed by atoms with Gasteiger partial charge in [0.15, 0.2) is 0 Å². The molecule has 0 saturated carbocycles. The van der Waals surface area contributed by atoms with Crippen LogP contribution in [0, 0.1) is 5.92 Å². The summed E-state index contributed by atoms with van der Waals surface area (Å²) in [6, 6.07) is 11.5. The molecule has 0 aromatic heterocycles. The fraction of sp³-hybridized carbons (Fsp3) is 0.579. The van der Waals surface area contributed by atoms with Crippen molar-refractivity contribution >= 4 is 0 Å². The average molecular weight is 271 g/mol. The van der Waals surface area contributed by atoms with E-state index in [1.54, 1.807) is 0 Å². The average Bonchev–Trinajstić information content (AvgIpc) is 2.52. The SMILES string of the molecule is CCCCCC(NCC1CC=CCC1)c1ccccc1. The molecule has 0 amide bonds. The van der Waals surface area contributed by atoms with Crippen LogP contribution in [0.1, 0.15) is 63.5 Å². The van der Waals surface area contributed by atoms with Crippen molar-refractivity contribution in [2.75, 3.05) is 6.54 Å². The zero-order valence-corrected chi connectivity index (χ0v) is 12.9. The van der Waals surface area contributed by atoms with Crippen LogP contribution in [0.3, 0.4) is 0 Å².